The quantitative estimate of drug-likeness (QED) is 0.576. The molecule has 0 N–H and O–H groups in total. The Morgan fingerprint density at radius 3 is 2.82 bits per heavy atom. The Bertz CT molecular complexity index is 251. The smallest absolute Gasteiger partial charge is 0.127 e. The monoisotopic (exact) mass is 149 g/mol. The average molecular weight is 149 g/mol. The van der Waals surface area contributed by atoms with Crippen molar-refractivity contribution in [2.75, 3.05) is 0 Å². The van der Waals surface area contributed by atoms with Crippen LogP contribution < -0.4 is 0 Å². The van der Waals surface area contributed by atoms with Crippen molar-refractivity contribution < 1.29 is 4.39 Å². The van der Waals surface area contributed by atoms with Gasteiger partial charge in [0.15, 0.2) is 0 Å². The Hall–Kier alpha value is -0.850. The van der Waals surface area contributed by atoms with Gasteiger partial charge in [0.05, 0.1) is 0 Å². The summed E-state index contributed by atoms with van der Waals surface area (Å²) in [5, 5.41) is 0. The van der Waals surface area contributed by atoms with E-state index in [-0.39, 0.29) is 5.82 Å². The van der Waals surface area contributed by atoms with Gasteiger partial charge in [-0.25, -0.2) is 4.39 Å². The predicted molar refractivity (Wildman–Crippen MR) is 41.8 cm³/mol. The maximum atomic E-state index is 13.0. The SMILES string of the molecule is Fc1ccc[c]c1C1CCC1. The Labute approximate surface area is 66.1 Å². The van der Waals surface area contributed by atoms with Crippen molar-refractivity contribution in [1.82, 2.24) is 0 Å². The van der Waals surface area contributed by atoms with Gasteiger partial charge in [-0.2, -0.15) is 0 Å². The lowest BCUT2D eigenvalue weighted by Gasteiger charge is -2.25. The summed E-state index contributed by atoms with van der Waals surface area (Å²) in [7, 11) is 0. The maximum Gasteiger partial charge on any atom is 0.127 e. The van der Waals surface area contributed by atoms with E-state index in [0.717, 1.165) is 18.4 Å². The first-order valence-corrected chi connectivity index (χ1v) is 4.04. The predicted octanol–water partition coefficient (Wildman–Crippen LogP) is 2.89. The molecule has 1 heteroatoms. The first-order chi connectivity index (χ1) is 5.38. The molecule has 0 atom stereocenters. The average Bonchev–Trinajstić information content (AvgIpc) is 1.90. The van der Waals surface area contributed by atoms with Crippen LogP contribution in [0.5, 0.6) is 0 Å². The number of benzene rings is 1. The first kappa shape index (κ1) is 6.84. The van der Waals surface area contributed by atoms with Crippen molar-refractivity contribution in [2.45, 2.75) is 25.2 Å². The fourth-order valence-corrected chi connectivity index (χ4v) is 1.44. The number of hydrogen-bond donors (Lipinski definition) is 0. The molecule has 0 amide bonds. The fourth-order valence-electron chi connectivity index (χ4n) is 1.44. The van der Waals surface area contributed by atoms with Gasteiger partial charge in [0.2, 0.25) is 0 Å². The number of halogens is 1. The Kier molecular flexibility index (Phi) is 1.65. The minimum absolute atomic E-state index is 0.0859. The van der Waals surface area contributed by atoms with E-state index in [9.17, 15) is 4.39 Å². The van der Waals surface area contributed by atoms with Gasteiger partial charge in [-0.05, 0) is 36.5 Å². The van der Waals surface area contributed by atoms with Crippen LogP contribution in [0.25, 0.3) is 0 Å². The van der Waals surface area contributed by atoms with Crippen LogP contribution in [0.2, 0.25) is 0 Å². The molecule has 1 aromatic carbocycles. The minimum Gasteiger partial charge on any atom is -0.207 e. The number of rotatable bonds is 1. The topological polar surface area (TPSA) is 0 Å². The van der Waals surface area contributed by atoms with Gasteiger partial charge in [-0.1, -0.05) is 18.6 Å². The summed E-state index contributed by atoms with van der Waals surface area (Å²) in [5.41, 5.74) is 0.791. The van der Waals surface area contributed by atoms with Crippen molar-refractivity contribution in [3.63, 3.8) is 0 Å². The largest absolute Gasteiger partial charge is 0.207 e. The van der Waals surface area contributed by atoms with Gasteiger partial charge in [0, 0.05) is 0 Å². The molecule has 0 nitrogen and oxygen atoms in total. The molecular weight excluding hydrogens is 139 g/mol. The summed E-state index contributed by atoms with van der Waals surface area (Å²) in [4.78, 5) is 0. The molecule has 0 aliphatic heterocycles. The zero-order chi connectivity index (χ0) is 7.68. The molecule has 1 aliphatic rings. The van der Waals surface area contributed by atoms with Gasteiger partial charge < -0.3 is 0 Å². The third kappa shape index (κ3) is 1.15. The lowest BCUT2D eigenvalue weighted by molar-refractivity contribution is 0.404. The summed E-state index contributed by atoms with van der Waals surface area (Å²) in [6.07, 6.45) is 3.52. The molecule has 0 bridgehead atoms. The van der Waals surface area contributed by atoms with Crippen LogP contribution in [0.15, 0.2) is 18.2 Å². The van der Waals surface area contributed by atoms with Crippen LogP contribution >= 0.6 is 0 Å². The zero-order valence-corrected chi connectivity index (χ0v) is 6.31. The molecular formula is C10H10F. The van der Waals surface area contributed by atoms with Gasteiger partial charge in [0.1, 0.15) is 5.82 Å². The molecule has 2 rings (SSSR count). The molecule has 1 aromatic rings. The summed E-state index contributed by atoms with van der Waals surface area (Å²) in [6.45, 7) is 0. The fraction of sp³-hybridized carbons (Fsp3) is 0.400. The summed E-state index contributed by atoms with van der Waals surface area (Å²) < 4.78 is 13.0. The normalized spacial score (nSPS) is 17.9. The molecule has 1 fully saturated rings. The van der Waals surface area contributed by atoms with Crippen molar-refractivity contribution in [1.29, 1.82) is 0 Å². The molecule has 11 heavy (non-hydrogen) atoms. The number of hydrogen-bond acceptors (Lipinski definition) is 0. The van der Waals surface area contributed by atoms with E-state index < -0.39 is 0 Å². The minimum atomic E-state index is -0.0859. The van der Waals surface area contributed by atoms with Gasteiger partial charge in [-0.15, -0.1) is 0 Å². The molecule has 1 aliphatic carbocycles. The summed E-state index contributed by atoms with van der Waals surface area (Å²) >= 11 is 0. The van der Waals surface area contributed by atoms with E-state index in [1.54, 1.807) is 12.1 Å². The summed E-state index contributed by atoms with van der Waals surface area (Å²) in [6, 6.07) is 7.96. The van der Waals surface area contributed by atoms with Crippen LogP contribution in [0.3, 0.4) is 0 Å². The second kappa shape index (κ2) is 2.65. The molecule has 1 radical (unpaired) electrons. The van der Waals surface area contributed by atoms with Crippen molar-refractivity contribution in [2.24, 2.45) is 0 Å². The third-order valence-electron chi connectivity index (χ3n) is 2.35. The van der Waals surface area contributed by atoms with Gasteiger partial charge in [-0.3, -0.25) is 0 Å². The molecule has 0 unspecified atom stereocenters. The molecule has 0 heterocycles. The highest BCUT2D eigenvalue weighted by molar-refractivity contribution is 5.21. The second-order valence-corrected chi connectivity index (χ2v) is 3.06. The highest BCUT2D eigenvalue weighted by Crippen LogP contribution is 2.36. The van der Waals surface area contributed by atoms with E-state index in [1.165, 1.54) is 12.5 Å². The highest BCUT2D eigenvalue weighted by Gasteiger charge is 2.21. The molecule has 1 saturated carbocycles. The van der Waals surface area contributed by atoms with Crippen LogP contribution in [0.4, 0.5) is 4.39 Å². The van der Waals surface area contributed by atoms with E-state index in [4.69, 9.17) is 0 Å². The van der Waals surface area contributed by atoms with Crippen LogP contribution in [0.1, 0.15) is 30.7 Å². The lowest BCUT2D eigenvalue weighted by Crippen LogP contribution is -2.10. The first-order valence-electron chi connectivity index (χ1n) is 4.04. The zero-order valence-electron chi connectivity index (χ0n) is 6.31. The highest BCUT2D eigenvalue weighted by atomic mass is 19.1. The standard InChI is InChI=1S/C10H10F/c11-10-7-2-1-6-9(10)8-4-3-5-8/h1-2,7-8H,3-5H2. The van der Waals surface area contributed by atoms with E-state index >= 15 is 0 Å². The molecule has 0 aromatic heterocycles. The second-order valence-electron chi connectivity index (χ2n) is 3.06. The van der Waals surface area contributed by atoms with Crippen molar-refractivity contribution in [3.8, 4) is 0 Å². The Morgan fingerprint density at radius 2 is 2.27 bits per heavy atom. The Balaban J connectivity index is 2.28. The van der Waals surface area contributed by atoms with Crippen LogP contribution in [-0.4, -0.2) is 0 Å². The Morgan fingerprint density at radius 1 is 1.45 bits per heavy atom. The van der Waals surface area contributed by atoms with Gasteiger partial charge in [0.25, 0.3) is 0 Å². The third-order valence-corrected chi connectivity index (χ3v) is 2.35. The molecule has 57 valence electrons. The molecule has 0 spiro atoms. The van der Waals surface area contributed by atoms with Crippen LogP contribution in [0, 0.1) is 11.9 Å². The van der Waals surface area contributed by atoms with Crippen molar-refractivity contribution in [3.05, 3.63) is 35.6 Å². The lowest BCUT2D eigenvalue weighted by atomic mass is 9.80. The van der Waals surface area contributed by atoms with E-state index in [0.29, 0.717) is 5.92 Å². The summed E-state index contributed by atoms with van der Waals surface area (Å²) in [5.74, 6) is 0.369. The van der Waals surface area contributed by atoms with Gasteiger partial charge >= 0.3 is 0 Å². The van der Waals surface area contributed by atoms with E-state index in [2.05, 4.69) is 6.07 Å². The van der Waals surface area contributed by atoms with Crippen LogP contribution in [-0.2, 0) is 0 Å². The van der Waals surface area contributed by atoms with E-state index in [1.807, 2.05) is 0 Å². The molecule has 0 saturated heterocycles. The maximum absolute atomic E-state index is 13.0. The van der Waals surface area contributed by atoms with Crippen molar-refractivity contribution >= 4 is 0 Å².